The van der Waals surface area contributed by atoms with Crippen LogP contribution in [0.4, 0.5) is 5.13 Å². The number of piperazine rings is 1. The number of nitrogens with zero attached hydrogens (tertiary/aromatic N) is 5. The highest BCUT2D eigenvalue weighted by Crippen LogP contribution is 2.29. The van der Waals surface area contributed by atoms with Crippen molar-refractivity contribution in [2.24, 2.45) is 0 Å². The van der Waals surface area contributed by atoms with Crippen LogP contribution < -0.4 is 4.90 Å². The maximum atomic E-state index is 12.9. The zero-order valence-electron chi connectivity index (χ0n) is 14.1. The van der Waals surface area contributed by atoms with Crippen LogP contribution in [0.5, 0.6) is 0 Å². The van der Waals surface area contributed by atoms with Gasteiger partial charge in [-0.15, -0.1) is 0 Å². The summed E-state index contributed by atoms with van der Waals surface area (Å²) in [4.78, 5) is 21.8. The van der Waals surface area contributed by atoms with Gasteiger partial charge in [0, 0.05) is 32.4 Å². The molecule has 1 fully saturated rings. The van der Waals surface area contributed by atoms with Crippen molar-refractivity contribution in [3.8, 4) is 0 Å². The molecule has 26 heavy (non-hydrogen) atoms. The van der Waals surface area contributed by atoms with Gasteiger partial charge in [0.15, 0.2) is 5.13 Å². The summed E-state index contributed by atoms with van der Waals surface area (Å²) in [6.45, 7) is 2.98. The van der Waals surface area contributed by atoms with E-state index in [-0.39, 0.29) is 5.91 Å². The summed E-state index contributed by atoms with van der Waals surface area (Å²) in [5.41, 5.74) is 2.56. The first-order valence-electron chi connectivity index (χ1n) is 8.62. The van der Waals surface area contributed by atoms with Crippen molar-refractivity contribution in [2.75, 3.05) is 31.1 Å². The molecule has 1 aliphatic rings. The molecule has 0 unspecified atom stereocenters. The number of carbonyl (C=O) groups is 1. The summed E-state index contributed by atoms with van der Waals surface area (Å²) >= 11 is 1.71. The Balaban J connectivity index is 1.33. The molecule has 0 N–H and O–H groups in total. The fraction of sp³-hybridized carbons (Fsp3) is 0.211. The Kier molecular flexibility index (Phi) is 3.60. The van der Waals surface area contributed by atoms with Gasteiger partial charge in [-0.1, -0.05) is 29.5 Å². The third-order valence-electron chi connectivity index (χ3n) is 4.78. The Hall–Kier alpha value is -2.93. The van der Waals surface area contributed by atoms with Crippen LogP contribution >= 0.6 is 11.3 Å². The highest BCUT2D eigenvalue weighted by atomic mass is 32.1. The first-order chi connectivity index (χ1) is 12.8. The number of anilines is 1. The van der Waals surface area contributed by atoms with E-state index in [0.29, 0.717) is 18.7 Å². The highest BCUT2D eigenvalue weighted by Gasteiger charge is 2.25. The molecule has 0 atom stereocenters. The molecule has 6 nitrogen and oxygen atoms in total. The van der Waals surface area contributed by atoms with Crippen molar-refractivity contribution in [3.05, 3.63) is 60.4 Å². The van der Waals surface area contributed by atoms with E-state index in [1.807, 2.05) is 47.5 Å². The number of carbonyl (C=O) groups excluding carboxylic acids is 1. The fourth-order valence-corrected chi connectivity index (χ4v) is 4.38. The van der Waals surface area contributed by atoms with E-state index in [0.717, 1.165) is 29.3 Å². The lowest BCUT2D eigenvalue weighted by Gasteiger charge is -2.34. The zero-order valence-corrected chi connectivity index (χ0v) is 14.9. The summed E-state index contributed by atoms with van der Waals surface area (Å²) in [6, 6.07) is 14.0. The van der Waals surface area contributed by atoms with Gasteiger partial charge in [0.05, 0.1) is 27.5 Å². The molecule has 0 bridgehead atoms. The lowest BCUT2D eigenvalue weighted by Crippen LogP contribution is -2.48. The van der Waals surface area contributed by atoms with Gasteiger partial charge in [-0.05, 0) is 24.3 Å². The van der Waals surface area contributed by atoms with Crippen LogP contribution in [0.3, 0.4) is 0 Å². The fourth-order valence-electron chi connectivity index (χ4n) is 3.37. The molecule has 130 valence electrons. The molecule has 1 aromatic carbocycles. The van der Waals surface area contributed by atoms with Crippen LogP contribution in [0.2, 0.25) is 0 Å². The topological polar surface area (TPSA) is 53.7 Å². The number of rotatable bonds is 2. The lowest BCUT2D eigenvalue weighted by molar-refractivity contribution is 0.0748. The molecule has 1 saturated heterocycles. The number of amides is 1. The van der Waals surface area contributed by atoms with E-state index >= 15 is 0 Å². The van der Waals surface area contributed by atoms with E-state index in [2.05, 4.69) is 16.1 Å². The zero-order chi connectivity index (χ0) is 17.5. The Bertz CT molecular complexity index is 1060. The molecule has 7 heteroatoms. The summed E-state index contributed by atoms with van der Waals surface area (Å²) in [6.07, 6.45) is 3.52. The minimum absolute atomic E-state index is 0.0511. The minimum Gasteiger partial charge on any atom is -0.345 e. The molecule has 5 rings (SSSR count). The van der Waals surface area contributed by atoms with Gasteiger partial charge in [0.25, 0.3) is 5.91 Å². The quantitative estimate of drug-likeness (QED) is 0.550. The second-order valence-electron chi connectivity index (χ2n) is 6.33. The van der Waals surface area contributed by atoms with Gasteiger partial charge in [0.1, 0.15) is 0 Å². The molecule has 1 amide bonds. The molecule has 0 saturated carbocycles. The predicted molar refractivity (Wildman–Crippen MR) is 103 cm³/mol. The molecule has 0 aliphatic carbocycles. The molecular formula is C19H17N5OS. The number of hydrogen-bond donors (Lipinski definition) is 0. The van der Waals surface area contributed by atoms with Gasteiger partial charge in [-0.3, -0.25) is 4.79 Å². The van der Waals surface area contributed by atoms with Crippen molar-refractivity contribution in [3.63, 3.8) is 0 Å². The van der Waals surface area contributed by atoms with E-state index in [4.69, 9.17) is 4.98 Å². The van der Waals surface area contributed by atoms with Gasteiger partial charge in [-0.2, -0.15) is 5.10 Å². The third kappa shape index (κ3) is 2.52. The smallest absolute Gasteiger partial charge is 0.257 e. The Morgan fingerprint density at radius 2 is 1.81 bits per heavy atom. The number of pyridine rings is 1. The van der Waals surface area contributed by atoms with Crippen molar-refractivity contribution in [1.29, 1.82) is 0 Å². The van der Waals surface area contributed by atoms with Gasteiger partial charge < -0.3 is 9.80 Å². The predicted octanol–water partition coefficient (Wildman–Crippen LogP) is 2.91. The van der Waals surface area contributed by atoms with Crippen LogP contribution in [0, 0.1) is 0 Å². The number of hydrogen-bond acceptors (Lipinski definition) is 5. The number of fused-ring (bicyclic) bond motifs is 2. The van der Waals surface area contributed by atoms with Crippen LogP contribution in [-0.4, -0.2) is 51.6 Å². The third-order valence-corrected chi connectivity index (χ3v) is 5.87. The average molecular weight is 363 g/mol. The second-order valence-corrected chi connectivity index (χ2v) is 7.34. The van der Waals surface area contributed by atoms with E-state index in [1.165, 1.54) is 4.70 Å². The largest absolute Gasteiger partial charge is 0.345 e. The first kappa shape index (κ1) is 15.3. The van der Waals surface area contributed by atoms with Gasteiger partial charge in [-0.25, -0.2) is 9.50 Å². The van der Waals surface area contributed by atoms with Crippen molar-refractivity contribution < 1.29 is 4.79 Å². The van der Waals surface area contributed by atoms with Gasteiger partial charge in [0.2, 0.25) is 0 Å². The van der Waals surface area contributed by atoms with E-state index < -0.39 is 0 Å². The van der Waals surface area contributed by atoms with Crippen LogP contribution in [0.1, 0.15) is 10.4 Å². The maximum Gasteiger partial charge on any atom is 0.257 e. The Morgan fingerprint density at radius 3 is 2.65 bits per heavy atom. The molecule has 3 aromatic heterocycles. The second kappa shape index (κ2) is 6.10. The molecule has 0 radical (unpaired) electrons. The summed E-state index contributed by atoms with van der Waals surface area (Å²) in [7, 11) is 0. The van der Waals surface area contributed by atoms with Crippen molar-refractivity contribution >= 4 is 38.1 Å². The first-order valence-corrected chi connectivity index (χ1v) is 9.43. The van der Waals surface area contributed by atoms with Gasteiger partial charge >= 0.3 is 0 Å². The van der Waals surface area contributed by atoms with Crippen molar-refractivity contribution in [2.45, 2.75) is 0 Å². The number of para-hydroxylation sites is 1. The summed E-state index contributed by atoms with van der Waals surface area (Å²) < 4.78 is 2.94. The molecule has 4 aromatic rings. The number of benzene rings is 1. The van der Waals surface area contributed by atoms with E-state index in [1.54, 1.807) is 22.0 Å². The maximum absolute atomic E-state index is 12.9. The molecule has 1 aliphatic heterocycles. The average Bonchev–Trinajstić information content (AvgIpc) is 3.32. The highest BCUT2D eigenvalue weighted by molar-refractivity contribution is 7.22. The molecule has 0 spiro atoms. The van der Waals surface area contributed by atoms with Crippen LogP contribution in [0.15, 0.2) is 54.9 Å². The minimum atomic E-state index is 0.0511. The van der Waals surface area contributed by atoms with Crippen LogP contribution in [-0.2, 0) is 0 Å². The Morgan fingerprint density at radius 1 is 1.00 bits per heavy atom. The summed E-state index contributed by atoms with van der Waals surface area (Å²) in [5.74, 6) is 0.0511. The van der Waals surface area contributed by atoms with Crippen LogP contribution in [0.25, 0.3) is 15.7 Å². The monoisotopic (exact) mass is 363 g/mol. The normalized spacial score (nSPS) is 15.1. The number of thiazole rings is 1. The number of aromatic nitrogens is 3. The lowest BCUT2D eigenvalue weighted by atomic mass is 10.2. The molecular weight excluding hydrogens is 346 g/mol. The molecule has 4 heterocycles. The standard InChI is InChI=1S/C19H17N5OS/c25-18(14-13-20-24-8-4-3-6-16(14)24)22-9-11-23(12-10-22)19-21-15-5-1-2-7-17(15)26-19/h1-8,13H,9-12H2. The summed E-state index contributed by atoms with van der Waals surface area (Å²) in [5, 5.41) is 5.31. The SMILES string of the molecule is O=C(c1cnn2ccccc12)N1CCN(c2nc3ccccc3s2)CC1. The Labute approximate surface area is 154 Å². The van der Waals surface area contributed by atoms with E-state index in [9.17, 15) is 4.79 Å². The van der Waals surface area contributed by atoms with Crippen molar-refractivity contribution in [1.82, 2.24) is 19.5 Å².